The van der Waals surface area contributed by atoms with Gasteiger partial charge in [-0.3, -0.25) is 4.79 Å². The van der Waals surface area contributed by atoms with Gasteiger partial charge in [-0.05, 0) is 48.9 Å². The number of thiophene rings is 1. The van der Waals surface area contributed by atoms with E-state index < -0.39 is 5.82 Å². The summed E-state index contributed by atoms with van der Waals surface area (Å²) in [5.74, 6) is -0.666. The number of anilines is 2. The standard InChI is InChI=1S/C16H17FN2OS/c17-13-7-6-12(19-8-2-1-3-9-19)11-14(13)18-16(20)15-5-4-10-21-15/h4-7,10-11H,1-3,8-9H2,(H,18,20). The van der Waals surface area contributed by atoms with E-state index in [1.54, 1.807) is 24.3 Å². The van der Waals surface area contributed by atoms with Gasteiger partial charge in [0, 0.05) is 18.8 Å². The van der Waals surface area contributed by atoms with Gasteiger partial charge in [0.05, 0.1) is 10.6 Å². The number of nitrogens with one attached hydrogen (secondary N) is 1. The Balaban J connectivity index is 1.79. The summed E-state index contributed by atoms with van der Waals surface area (Å²) in [6.45, 7) is 1.98. The Kier molecular flexibility index (Phi) is 4.20. The summed E-state index contributed by atoms with van der Waals surface area (Å²) in [4.78, 5) is 14.9. The number of carbonyl (C=O) groups is 1. The molecular formula is C16H17FN2OS. The number of rotatable bonds is 3. The van der Waals surface area contributed by atoms with Gasteiger partial charge in [0.1, 0.15) is 5.82 Å². The molecule has 3 rings (SSSR count). The van der Waals surface area contributed by atoms with Crippen molar-refractivity contribution >= 4 is 28.6 Å². The van der Waals surface area contributed by atoms with Gasteiger partial charge in [0.15, 0.2) is 0 Å². The number of halogens is 1. The van der Waals surface area contributed by atoms with E-state index in [0.29, 0.717) is 4.88 Å². The monoisotopic (exact) mass is 304 g/mol. The summed E-state index contributed by atoms with van der Waals surface area (Å²) in [5.41, 5.74) is 1.22. The first-order chi connectivity index (χ1) is 10.2. The average Bonchev–Trinajstić information content (AvgIpc) is 3.05. The van der Waals surface area contributed by atoms with Crippen molar-refractivity contribution in [2.45, 2.75) is 19.3 Å². The van der Waals surface area contributed by atoms with Crippen LogP contribution >= 0.6 is 11.3 Å². The third-order valence-electron chi connectivity index (χ3n) is 3.66. The van der Waals surface area contributed by atoms with E-state index in [9.17, 15) is 9.18 Å². The maximum atomic E-state index is 13.9. The molecule has 1 aliphatic rings. The average molecular weight is 304 g/mol. The fraction of sp³-hybridized carbons (Fsp3) is 0.312. The number of carbonyl (C=O) groups excluding carboxylic acids is 1. The van der Waals surface area contributed by atoms with Crippen molar-refractivity contribution in [1.29, 1.82) is 0 Å². The van der Waals surface area contributed by atoms with Crippen LogP contribution in [-0.2, 0) is 0 Å². The highest BCUT2D eigenvalue weighted by molar-refractivity contribution is 7.12. The van der Waals surface area contributed by atoms with Gasteiger partial charge in [0.25, 0.3) is 5.91 Å². The summed E-state index contributed by atoms with van der Waals surface area (Å²) in [6.07, 6.45) is 3.57. The third kappa shape index (κ3) is 3.24. The van der Waals surface area contributed by atoms with Gasteiger partial charge in [-0.2, -0.15) is 0 Å². The number of piperidine rings is 1. The quantitative estimate of drug-likeness (QED) is 0.924. The van der Waals surface area contributed by atoms with Crippen LogP contribution < -0.4 is 10.2 Å². The predicted molar refractivity (Wildman–Crippen MR) is 84.7 cm³/mol. The molecule has 0 radical (unpaired) electrons. The van der Waals surface area contributed by atoms with Crippen LogP contribution in [0, 0.1) is 5.82 Å². The van der Waals surface area contributed by atoms with Crippen LogP contribution in [0.5, 0.6) is 0 Å². The van der Waals surface area contributed by atoms with Gasteiger partial charge >= 0.3 is 0 Å². The fourth-order valence-corrected chi connectivity index (χ4v) is 3.17. The molecule has 2 heterocycles. The molecule has 5 heteroatoms. The summed E-state index contributed by atoms with van der Waals surface area (Å²) in [6, 6.07) is 8.47. The third-order valence-corrected chi connectivity index (χ3v) is 4.53. The van der Waals surface area contributed by atoms with Gasteiger partial charge in [-0.25, -0.2) is 4.39 Å². The second kappa shape index (κ2) is 6.26. The Labute approximate surface area is 127 Å². The lowest BCUT2D eigenvalue weighted by molar-refractivity contribution is 0.103. The normalized spacial score (nSPS) is 15.0. The molecule has 1 saturated heterocycles. The minimum atomic E-state index is -0.402. The van der Waals surface area contributed by atoms with Gasteiger partial charge in [0.2, 0.25) is 0 Å². The van der Waals surface area contributed by atoms with E-state index in [-0.39, 0.29) is 11.6 Å². The summed E-state index contributed by atoms with van der Waals surface area (Å²) < 4.78 is 13.9. The summed E-state index contributed by atoms with van der Waals surface area (Å²) >= 11 is 1.34. The summed E-state index contributed by atoms with van der Waals surface area (Å²) in [7, 11) is 0. The van der Waals surface area contributed by atoms with Crippen molar-refractivity contribution in [2.24, 2.45) is 0 Å². The number of hydrogen-bond donors (Lipinski definition) is 1. The van der Waals surface area contributed by atoms with E-state index in [1.807, 2.05) is 5.38 Å². The lowest BCUT2D eigenvalue weighted by Gasteiger charge is -2.29. The second-order valence-corrected chi connectivity index (χ2v) is 6.09. The van der Waals surface area contributed by atoms with E-state index in [0.717, 1.165) is 31.6 Å². The Hall–Kier alpha value is -1.88. The van der Waals surface area contributed by atoms with Gasteiger partial charge in [-0.1, -0.05) is 6.07 Å². The molecule has 0 spiro atoms. The van der Waals surface area contributed by atoms with Crippen LogP contribution in [0.4, 0.5) is 15.8 Å². The molecule has 1 fully saturated rings. The van der Waals surface area contributed by atoms with Crippen molar-refractivity contribution < 1.29 is 9.18 Å². The molecule has 2 aromatic rings. The number of nitrogens with zero attached hydrogens (tertiary/aromatic N) is 1. The van der Waals surface area contributed by atoms with Gasteiger partial charge in [-0.15, -0.1) is 11.3 Å². The molecule has 1 amide bonds. The first-order valence-electron chi connectivity index (χ1n) is 7.13. The Morgan fingerprint density at radius 3 is 2.71 bits per heavy atom. The van der Waals surface area contributed by atoms with Crippen LogP contribution in [-0.4, -0.2) is 19.0 Å². The van der Waals surface area contributed by atoms with Crippen LogP contribution in [0.1, 0.15) is 28.9 Å². The van der Waals surface area contributed by atoms with E-state index in [1.165, 1.54) is 23.8 Å². The maximum Gasteiger partial charge on any atom is 0.265 e. The first kappa shape index (κ1) is 14.1. The fourth-order valence-electron chi connectivity index (χ4n) is 2.55. The zero-order valence-electron chi connectivity index (χ0n) is 11.6. The lowest BCUT2D eigenvalue weighted by atomic mass is 10.1. The van der Waals surface area contributed by atoms with Crippen molar-refractivity contribution in [3.8, 4) is 0 Å². The zero-order chi connectivity index (χ0) is 14.7. The molecule has 0 atom stereocenters. The number of benzene rings is 1. The number of hydrogen-bond acceptors (Lipinski definition) is 3. The lowest BCUT2D eigenvalue weighted by Crippen LogP contribution is -2.29. The highest BCUT2D eigenvalue weighted by atomic mass is 32.1. The molecule has 1 aliphatic heterocycles. The largest absolute Gasteiger partial charge is 0.371 e. The summed E-state index contributed by atoms with van der Waals surface area (Å²) in [5, 5.41) is 4.49. The maximum absolute atomic E-state index is 13.9. The van der Waals surface area contributed by atoms with Crippen LogP contribution in [0.25, 0.3) is 0 Å². The van der Waals surface area contributed by atoms with Crippen molar-refractivity contribution in [3.63, 3.8) is 0 Å². The molecule has 3 nitrogen and oxygen atoms in total. The minimum Gasteiger partial charge on any atom is -0.371 e. The predicted octanol–water partition coefficient (Wildman–Crippen LogP) is 4.13. The Bertz CT molecular complexity index is 621. The highest BCUT2D eigenvalue weighted by Crippen LogP contribution is 2.26. The van der Waals surface area contributed by atoms with Crippen molar-refractivity contribution in [2.75, 3.05) is 23.3 Å². The molecule has 0 aliphatic carbocycles. The molecule has 1 aromatic heterocycles. The SMILES string of the molecule is O=C(Nc1cc(N2CCCCC2)ccc1F)c1cccs1. The molecule has 0 unspecified atom stereocenters. The van der Waals surface area contributed by atoms with Gasteiger partial charge < -0.3 is 10.2 Å². The molecule has 0 bridgehead atoms. The van der Waals surface area contributed by atoms with Crippen molar-refractivity contribution in [1.82, 2.24) is 0 Å². The molecule has 21 heavy (non-hydrogen) atoms. The van der Waals surface area contributed by atoms with E-state index in [2.05, 4.69) is 10.2 Å². The van der Waals surface area contributed by atoms with Crippen LogP contribution in [0.2, 0.25) is 0 Å². The molecular weight excluding hydrogens is 287 g/mol. The Morgan fingerprint density at radius 1 is 1.19 bits per heavy atom. The molecule has 110 valence electrons. The van der Waals surface area contributed by atoms with Crippen molar-refractivity contribution in [3.05, 3.63) is 46.4 Å². The zero-order valence-corrected chi connectivity index (χ0v) is 12.5. The van der Waals surface area contributed by atoms with Crippen LogP contribution in [0.15, 0.2) is 35.7 Å². The van der Waals surface area contributed by atoms with E-state index in [4.69, 9.17) is 0 Å². The minimum absolute atomic E-state index is 0.247. The topological polar surface area (TPSA) is 32.3 Å². The smallest absolute Gasteiger partial charge is 0.265 e. The van der Waals surface area contributed by atoms with E-state index >= 15 is 0 Å². The Morgan fingerprint density at radius 2 is 2.00 bits per heavy atom. The molecule has 0 saturated carbocycles. The molecule has 1 N–H and O–H groups in total. The molecule has 1 aromatic carbocycles. The number of amides is 1. The first-order valence-corrected chi connectivity index (χ1v) is 8.01. The van der Waals surface area contributed by atoms with Crippen LogP contribution in [0.3, 0.4) is 0 Å². The second-order valence-electron chi connectivity index (χ2n) is 5.14. The highest BCUT2D eigenvalue weighted by Gasteiger charge is 2.15.